The number of nitrogens with zero attached hydrogens (tertiary/aromatic N) is 2. The summed E-state index contributed by atoms with van der Waals surface area (Å²) in [6.07, 6.45) is 0. The maximum Gasteiger partial charge on any atom is 0.220 e. The minimum absolute atomic E-state index is 0.00193. The van der Waals surface area contributed by atoms with Crippen LogP contribution < -0.4 is 26.1 Å². The molecule has 5 rings (SSSR count). The summed E-state index contributed by atoms with van der Waals surface area (Å²) in [5, 5.41) is 3.76. The molecule has 1 saturated heterocycles. The molecule has 2 aromatic heterocycles. The second-order valence-corrected chi connectivity index (χ2v) is 7.62. The van der Waals surface area contributed by atoms with E-state index in [2.05, 4.69) is 15.2 Å². The molecular weight excluding hydrogens is 423 g/mol. The van der Waals surface area contributed by atoms with E-state index >= 15 is 0 Å². The molecule has 3 N–H and O–H groups in total. The fraction of sp³-hybridized carbons (Fsp3) is 0.182. The first-order valence-corrected chi connectivity index (χ1v) is 10.1. The summed E-state index contributed by atoms with van der Waals surface area (Å²) >= 11 is 6.14. The highest BCUT2D eigenvalue weighted by Gasteiger charge is 2.18. The minimum Gasteiger partial charge on any atom is -0.454 e. The van der Waals surface area contributed by atoms with E-state index in [0.717, 1.165) is 31.9 Å². The molecule has 0 bridgehead atoms. The Morgan fingerprint density at radius 1 is 1.13 bits per heavy atom. The SMILES string of the molecule is Nc1nc2c(=O)c3c(Cl)cccc3oc2cc1Oc1ccc(N2CCNCC2)cc1F. The molecule has 0 spiro atoms. The number of ether oxygens (including phenoxy) is 1. The number of benzene rings is 2. The van der Waals surface area contributed by atoms with Crippen LogP contribution in [0, 0.1) is 5.82 Å². The van der Waals surface area contributed by atoms with Crippen molar-refractivity contribution < 1.29 is 13.5 Å². The Balaban J connectivity index is 1.52. The minimum atomic E-state index is -0.526. The van der Waals surface area contributed by atoms with Gasteiger partial charge in [-0.1, -0.05) is 17.7 Å². The van der Waals surface area contributed by atoms with Crippen molar-refractivity contribution in [3.05, 3.63) is 63.5 Å². The number of pyridine rings is 1. The Hall–Kier alpha value is -3.36. The Kier molecular flexibility index (Phi) is 4.88. The number of rotatable bonds is 3. The maximum absolute atomic E-state index is 14.7. The Morgan fingerprint density at radius 3 is 2.71 bits per heavy atom. The standard InChI is InChI=1S/C22H18ClFN4O3/c23-13-2-1-3-16-19(13)21(29)20-17(31-16)11-18(22(25)27-20)30-15-5-4-12(10-14(15)24)28-8-6-26-7-9-28/h1-5,10-11,26H,6-9H2,(H2,25,27). The Morgan fingerprint density at radius 2 is 1.94 bits per heavy atom. The van der Waals surface area contributed by atoms with Gasteiger partial charge in [-0.3, -0.25) is 4.79 Å². The largest absolute Gasteiger partial charge is 0.454 e. The van der Waals surface area contributed by atoms with Crippen molar-refractivity contribution in [3.8, 4) is 11.5 Å². The summed E-state index contributed by atoms with van der Waals surface area (Å²) in [4.78, 5) is 19.0. The summed E-state index contributed by atoms with van der Waals surface area (Å²) in [6.45, 7) is 3.31. The first-order valence-electron chi connectivity index (χ1n) is 9.76. The fourth-order valence-corrected chi connectivity index (χ4v) is 3.92. The molecule has 1 fully saturated rings. The van der Waals surface area contributed by atoms with Gasteiger partial charge in [-0.15, -0.1) is 0 Å². The topological polar surface area (TPSA) is 93.6 Å². The zero-order chi connectivity index (χ0) is 21.5. The highest BCUT2D eigenvalue weighted by molar-refractivity contribution is 6.35. The van der Waals surface area contributed by atoms with Crippen LogP contribution in [0.15, 0.2) is 51.7 Å². The van der Waals surface area contributed by atoms with Gasteiger partial charge >= 0.3 is 0 Å². The second kappa shape index (κ2) is 7.72. The van der Waals surface area contributed by atoms with Crippen LogP contribution in [0.4, 0.5) is 15.9 Å². The van der Waals surface area contributed by atoms with E-state index < -0.39 is 11.2 Å². The molecule has 0 radical (unpaired) electrons. The molecule has 3 heterocycles. The first-order chi connectivity index (χ1) is 15.0. The van der Waals surface area contributed by atoms with Gasteiger partial charge < -0.3 is 25.1 Å². The highest BCUT2D eigenvalue weighted by atomic mass is 35.5. The van der Waals surface area contributed by atoms with Gasteiger partial charge in [0.05, 0.1) is 10.4 Å². The Labute approximate surface area is 181 Å². The lowest BCUT2D eigenvalue weighted by Gasteiger charge is -2.29. The van der Waals surface area contributed by atoms with Crippen LogP contribution in [0.1, 0.15) is 0 Å². The predicted molar refractivity (Wildman–Crippen MR) is 119 cm³/mol. The molecule has 0 aliphatic carbocycles. The van der Waals surface area contributed by atoms with Gasteiger partial charge in [-0.05, 0) is 24.3 Å². The second-order valence-electron chi connectivity index (χ2n) is 7.22. The molecule has 1 aliphatic heterocycles. The molecule has 0 amide bonds. The van der Waals surface area contributed by atoms with Crippen LogP contribution in [0.25, 0.3) is 22.1 Å². The summed E-state index contributed by atoms with van der Waals surface area (Å²) in [5.74, 6) is -0.497. The van der Waals surface area contributed by atoms with Crippen LogP contribution in [0.3, 0.4) is 0 Å². The molecule has 7 nitrogen and oxygen atoms in total. The lowest BCUT2D eigenvalue weighted by atomic mass is 10.2. The number of aromatic nitrogens is 1. The molecule has 0 atom stereocenters. The smallest absolute Gasteiger partial charge is 0.220 e. The molecule has 0 unspecified atom stereocenters. The number of anilines is 2. The van der Waals surface area contributed by atoms with E-state index in [1.54, 1.807) is 30.3 Å². The van der Waals surface area contributed by atoms with E-state index in [-0.39, 0.29) is 38.8 Å². The van der Waals surface area contributed by atoms with Crippen LogP contribution in [-0.2, 0) is 0 Å². The van der Waals surface area contributed by atoms with Gasteiger partial charge in [-0.2, -0.15) is 0 Å². The van der Waals surface area contributed by atoms with Crippen molar-refractivity contribution in [1.29, 1.82) is 0 Å². The number of halogens is 2. The normalized spacial score (nSPS) is 14.3. The average molecular weight is 441 g/mol. The number of nitrogens with two attached hydrogens (primary N) is 1. The summed E-state index contributed by atoms with van der Waals surface area (Å²) < 4.78 is 26.2. The number of hydrogen-bond donors (Lipinski definition) is 2. The van der Waals surface area contributed by atoms with E-state index in [0.29, 0.717) is 5.58 Å². The van der Waals surface area contributed by atoms with Crippen molar-refractivity contribution in [2.45, 2.75) is 0 Å². The highest BCUT2D eigenvalue weighted by Crippen LogP contribution is 2.33. The summed E-state index contributed by atoms with van der Waals surface area (Å²) in [7, 11) is 0. The third kappa shape index (κ3) is 3.54. The number of nitrogens with one attached hydrogen (secondary N) is 1. The Bertz CT molecular complexity index is 1370. The number of hydrogen-bond acceptors (Lipinski definition) is 7. The molecule has 2 aromatic carbocycles. The monoisotopic (exact) mass is 440 g/mol. The average Bonchev–Trinajstić information content (AvgIpc) is 2.77. The zero-order valence-corrected chi connectivity index (χ0v) is 17.1. The van der Waals surface area contributed by atoms with Crippen molar-refractivity contribution in [3.63, 3.8) is 0 Å². The van der Waals surface area contributed by atoms with Crippen molar-refractivity contribution in [1.82, 2.24) is 10.3 Å². The number of fused-ring (bicyclic) bond motifs is 2. The first kappa shape index (κ1) is 19.6. The molecule has 9 heteroatoms. The summed E-state index contributed by atoms with van der Waals surface area (Å²) in [5.41, 5.74) is 6.89. The molecule has 4 aromatic rings. The van der Waals surface area contributed by atoms with Crippen molar-refractivity contribution in [2.24, 2.45) is 0 Å². The number of piperazine rings is 1. The lowest BCUT2D eigenvalue weighted by Crippen LogP contribution is -2.43. The van der Waals surface area contributed by atoms with E-state index in [4.69, 9.17) is 26.5 Å². The van der Waals surface area contributed by atoms with Crippen molar-refractivity contribution in [2.75, 3.05) is 36.8 Å². The van der Waals surface area contributed by atoms with E-state index in [1.165, 1.54) is 12.1 Å². The van der Waals surface area contributed by atoms with Gasteiger partial charge in [-0.25, -0.2) is 9.37 Å². The van der Waals surface area contributed by atoms with Gasteiger partial charge in [0.15, 0.2) is 34.2 Å². The molecule has 31 heavy (non-hydrogen) atoms. The molecule has 1 aliphatic rings. The molecule has 0 saturated carbocycles. The zero-order valence-electron chi connectivity index (χ0n) is 16.3. The van der Waals surface area contributed by atoms with Gasteiger partial charge in [0.25, 0.3) is 0 Å². The van der Waals surface area contributed by atoms with Gasteiger partial charge in [0, 0.05) is 44.0 Å². The van der Waals surface area contributed by atoms with Gasteiger partial charge in [0.1, 0.15) is 5.58 Å². The predicted octanol–water partition coefficient (Wildman–Crippen LogP) is 3.92. The third-order valence-electron chi connectivity index (χ3n) is 5.24. The van der Waals surface area contributed by atoms with Crippen LogP contribution >= 0.6 is 11.6 Å². The van der Waals surface area contributed by atoms with E-state index in [9.17, 15) is 9.18 Å². The van der Waals surface area contributed by atoms with Crippen molar-refractivity contribution >= 4 is 45.2 Å². The summed E-state index contributed by atoms with van der Waals surface area (Å²) in [6, 6.07) is 11.1. The van der Waals surface area contributed by atoms with Crippen LogP contribution in [-0.4, -0.2) is 31.2 Å². The maximum atomic E-state index is 14.7. The number of nitrogen functional groups attached to an aromatic ring is 1. The van der Waals surface area contributed by atoms with Crippen LogP contribution in [0.5, 0.6) is 11.5 Å². The quantitative estimate of drug-likeness (QED) is 0.466. The fourth-order valence-electron chi connectivity index (χ4n) is 3.67. The lowest BCUT2D eigenvalue weighted by molar-refractivity contribution is 0.442. The van der Waals surface area contributed by atoms with Gasteiger partial charge in [0.2, 0.25) is 5.43 Å². The van der Waals surface area contributed by atoms with Crippen LogP contribution in [0.2, 0.25) is 5.02 Å². The third-order valence-corrected chi connectivity index (χ3v) is 5.55. The van der Waals surface area contributed by atoms with E-state index in [1.807, 2.05) is 0 Å². The molecule has 158 valence electrons. The molecular formula is C22H18ClFN4O3.